The molecule has 0 spiro atoms. The zero-order valence-corrected chi connectivity index (χ0v) is 11.8. The molecule has 0 bridgehead atoms. The number of nitrogens with zero attached hydrogens (tertiary/aromatic N) is 1. The SMILES string of the molecule is CC(C)(C)[Si](C)(C)c1nccc2cc[nH]c12. The smallest absolute Gasteiger partial charge is 0.112 e. The molecule has 0 atom stereocenters. The van der Waals surface area contributed by atoms with Crippen molar-refractivity contribution in [3.8, 4) is 0 Å². The van der Waals surface area contributed by atoms with E-state index in [1.807, 2.05) is 12.4 Å². The van der Waals surface area contributed by atoms with E-state index < -0.39 is 8.07 Å². The fourth-order valence-electron chi connectivity index (χ4n) is 1.81. The predicted molar refractivity (Wildman–Crippen MR) is 72.9 cm³/mol. The minimum Gasteiger partial charge on any atom is -0.360 e. The molecule has 0 aliphatic heterocycles. The molecule has 0 aliphatic rings. The molecular weight excluding hydrogens is 212 g/mol. The zero-order valence-electron chi connectivity index (χ0n) is 10.8. The number of hydrogen-bond acceptors (Lipinski definition) is 1. The van der Waals surface area contributed by atoms with Gasteiger partial charge in [0.25, 0.3) is 0 Å². The topological polar surface area (TPSA) is 28.7 Å². The minimum atomic E-state index is -1.55. The molecule has 0 unspecified atom stereocenters. The van der Waals surface area contributed by atoms with E-state index in [1.165, 1.54) is 16.2 Å². The van der Waals surface area contributed by atoms with E-state index in [-0.39, 0.29) is 0 Å². The van der Waals surface area contributed by atoms with Crippen LogP contribution in [-0.2, 0) is 0 Å². The van der Waals surface area contributed by atoms with Gasteiger partial charge in [-0.1, -0.05) is 33.9 Å². The van der Waals surface area contributed by atoms with Gasteiger partial charge in [0.1, 0.15) is 8.07 Å². The van der Waals surface area contributed by atoms with Gasteiger partial charge in [-0.2, -0.15) is 0 Å². The van der Waals surface area contributed by atoms with E-state index in [9.17, 15) is 0 Å². The normalized spacial score (nSPS) is 13.3. The lowest BCUT2D eigenvalue weighted by Crippen LogP contribution is -2.51. The molecule has 3 heteroatoms. The summed E-state index contributed by atoms with van der Waals surface area (Å²) in [4.78, 5) is 7.99. The fourth-order valence-corrected chi connectivity index (χ4v) is 3.76. The highest BCUT2D eigenvalue weighted by Gasteiger charge is 2.39. The second kappa shape index (κ2) is 3.45. The first-order valence-corrected chi connectivity index (χ1v) is 8.76. The molecule has 0 saturated heterocycles. The van der Waals surface area contributed by atoms with Gasteiger partial charge >= 0.3 is 0 Å². The van der Waals surface area contributed by atoms with Crippen molar-refractivity contribution in [3.63, 3.8) is 0 Å². The highest BCUT2D eigenvalue weighted by Crippen LogP contribution is 2.36. The van der Waals surface area contributed by atoms with Crippen molar-refractivity contribution >= 4 is 24.3 Å². The van der Waals surface area contributed by atoms with E-state index in [2.05, 4.69) is 56.0 Å². The molecule has 16 heavy (non-hydrogen) atoms. The molecule has 2 aromatic heterocycles. The van der Waals surface area contributed by atoms with Crippen LogP contribution in [0.4, 0.5) is 0 Å². The van der Waals surface area contributed by atoms with Crippen LogP contribution in [-0.4, -0.2) is 18.0 Å². The van der Waals surface area contributed by atoms with E-state index in [1.54, 1.807) is 0 Å². The van der Waals surface area contributed by atoms with Gasteiger partial charge in [0.05, 0.1) is 5.52 Å². The third kappa shape index (κ3) is 1.59. The van der Waals surface area contributed by atoms with E-state index in [4.69, 9.17) is 0 Å². The number of rotatable bonds is 1. The first kappa shape index (κ1) is 11.4. The van der Waals surface area contributed by atoms with Crippen LogP contribution in [0, 0.1) is 0 Å². The predicted octanol–water partition coefficient (Wildman–Crippen LogP) is 3.28. The Bertz CT molecular complexity index is 506. The number of pyridine rings is 1. The van der Waals surface area contributed by atoms with Crippen LogP contribution >= 0.6 is 0 Å². The summed E-state index contributed by atoms with van der Waals surface area (Å²) >= 11 is 0. The number of aromatic amines is 1. The van der Waals surface area contributed by atoms with Crippen LogP contribution in [0.1, 0.15) is 20.8 Å². The van der Waals surface area contributed by atoms with Crippen molar-refractivity contribution < 1.29 is 0 Å². The lowest BCUT2D eigenvalue weighted by atomic mass is 10.2. The summed E-state index contributed by atoms with van der Waals surface area (Å²) < 4.78 is 0. The summed E-state index contributed by atoms with van der Waals surface area (Å²) in [5, 5.41) is 2.89. The van der Waals surface area contributed by atoms with Crippen LogP contribution in [0.15, 0.2) is 24.5 Å². The Kier molecular flexibility index (Phi) is 2.46. The second-order valence-electron chi connectivity index (χ2n) is 5.98. The van der Waals surface area contributed by atoms with Crippen LogP contribution < -0.4 is 5.32 Å². The Morgan fingerprint density at radius 1 is 1.19 bits per heavy atom. The van der Waals surface area contributed by atoms with Crippen LogP contribution in [0.25, 0.3) is 10.9 Å². The van der Waals surface area contributed by atoms with Gasteiger partial charge in [0, 0.05) is 23.1 Å². The monoisotopic (exact) mass is 232 g/mol. The van der Waals surface area contributed by atoms with Gasteiger partial charge in [-0.05, 0) is 17.2 Å². The van der Waals surface area contributed by atoms with Gasteiger partial charge in [-0.3, -0.25) is 4.98 Å². The first-order valence-electron chi connectivity index (χ1n) is 5.76. The van der Waals surface area contributed by atoms with Crippen molar-refractivity contribution in [1.82, 2.24) is 9.97 Å². The molecule has 0 fully saturated rings. The summed E-state index contributed by atoms with van der Waals surface area (Å²) in [6.45, 7) is 11.8. The Labute approximate surface area is 98.1 Å². The lowest BCUT2D eigenvalue weighted by Gasteiger charge is -2.36. The van der Waals surface area contributed by atoms with E-state index >= 15 is 0 Å². The van der Waals surface area contributed by atoms with Crippen molar-refractivity contribution in [1.29, 1.82) is 0 Å². The van der Waals surface area contributed by atoms with Crippen LogP contribution in [0.2, 0.25) is 18.1 Å². The number of nitrogens with one attached hydrogen (secondary N) is 1. The van der Waals surface area contributed by atoms with Gasteiger partial charge in [0.15, 0.2) is 0 Å². The van der Waals surface area contributed by atoms with Crippen molar-refractivity contribution in [2.45, 2.75) is 38.9 Å². The Morgan fingerprint density at radius 3 is 2.50 bits per heavy atom. The maximum atomic E-state index is 4.65. The third-order valence-electron chi connectivity index (χ3n) is 3.94. The van der Waals surface area contributed by atoms with Gasteiger partial charge in [-0.25, -0.2) is 0 Å². The number of aromatic nitrogens is 2. The van der Waals surface area contributed by atoms with Crippen molar-refractivity contribution in [2.24, 2.45) is 0 Å². The molecular formula is C13H20N2Si. The molecule has 2 aromatic rings. The Balaban J connectivity index is 2.68. The minimum absolute atomic E-state index is 0.319. The number of hydrogen-bond donors (Lipinski definition) is 1. The highest BCUT2D eigenvalue weighted by molar-refractivity contribution is 6.92. The van der Waals surface area contributed by atoms with Gasteiger partial charge in [-0.15, -0.1) is 0 Å². The number of fused-ring (bicyclic) bond motifs is 1. The summed E-state index contributed by atoms with van der Waals surface area (Å²) in [6.07, 6.45) is 3.94. The van der Waals surface area contributed by atoms with Gasteiger partial charge < -0.3 is 4.98 Å². The summed E-state index contributed by atoms with van der Waals surface area (Å²) in [5.74, 6) is 0. The second-order valence-corrected chi connectivity index (χ2v) is 11.2. The Hall–Kier alpha value is -1.09. The molecule has 0 saturated carbocycles. The fraction of sp³-hybridized carbons (Fsp3) is 0.462. The molecule has 2 heterocycles. The maximum absolute atomic E-state index is 4.65. The molecule has 2 rings (SSSR count). The average molecular weight is 232 g/mol. The standard InChI is InChI=1S/C13H20N2Si/c1-13(2,3)16(4,5)12-11-10(6-8-14-11)7-9-15-12/h6-9,14H,1-5H3. The Morgan fingerprint density at radius 2 is 1.88 bits per heavy atom. The van der Waals surface area contributed by atoms with E-state index in [0.717, 1.165) is 0 Å². The number of H-pyrrole nitrogens is 1. The van der Waals surface area contributed by atoms with Crippen molar-refractivity contribution in [2.75, 3.05) is 0 Å². The molecule has 86 valence electrons. The van der Waals surface area contributed by atoms with E-state index in [0.29, 0.717) is 5.04 Å². The molecule has 0 aliphatic carbocycles. The molecule has 0 aromatic carbocycles. The quantitative estimate of drug-likeness (QED) is 0.751. The molecule has 1 N–H and O–H groups in total. The zero-order chi connectivity index (χ0) is 12.0. The largest absolute Gasteiger partial charge is 0.360 e. The highest BCUT2D eigenvalue weighted by atomic mass is 28.3. The van der Waals surface area contributed by atoms with Crippen LogP contribution in [0.5, 0.6) is 0 Å². The maximum Gasteiger partial charge on any atom is 0.112 e. The molecule has 0 amide bonds. The third-order valence-corrected chi connectivity index (χ3v) is 9.25. The van der Waals surface area contributed by atoms with Crippen molar-refractivity contribution in [3.05, 3.63) is 24.5 Å². The molecule has 2 nitrogen and oxygen atoms in total. The lowest BCUT2D eigenvalue weighted by molar-refractivity contribution is 0.728. The summed E-state index contributed by atoms with van der Waals surface area (Å²) in [7, 11) is -1.55. The first-order chi connectivity index (χ1) is 7.34. The summed E-state index contributed by atoms with van der Waals surface area (Å²) in [6, 6.07) is 4.19. The van der Waals surface area contributed by atoms with Crippen LogP contribution in [0.3, 0.4) is 0 Å². The summed E-state index contributed by atoms with van der Waals surface area (Å²) in [5.41, 5.74) is 1.23. The van der Waals surface area contributed by atoms with Gasteiger partial charge in [0.2, 0.25) is 0 Å². The molecule has 0 radical (unpaired) electrons. The average Bonchev–Trinajstić information content (AvgIpc) is 2.62.